The van der Waals surface area contributed by atoms with Crippen molar-refractivity contribution in [2.75, 3.05) is 25.1 Å². The average molecular weight is 274 g/mol. The summed E-state index contributed by atoms with van der Waals surface area (Å²) in [5, 5.41) is 3.19. The first-order valence-electron chi connectivity index (χ1n) is 8.14. The third-order valence-electron chi connectivity index (χ3n) is 3.39. The Kier molecular flexibility index (Phi) is 17.6. The van der Waals surface area contributed by atoms with Gasteiger partial charge in [0.25, 0.3) is 0 Å². The van der Waals surface area contributed by atoms with Gasteiger partial charge in [0.05, 0.1) is 0 Å². The van der Waals surface area contributed by atoms with E-state index in [1.54, 1.807) is 0 Å². The fraction of sp³-hybridized carbons (Fsp3) is 1.00. The monoisotopic (exact) mass is 273 g/mol. The van der Waals surface area contributed by atoms with Crippen molar-refractivity contribution >= 4 is 11.8 Å². The summed E-state index contributed by atoms with van der Waals surface area (Å²) >= 11 is 2.09. The van der Waals surface area contributed by atoms with Gasteiger partial charge in [-0.2, -0.15) is 11.8 Å². The molecule has 0 aliphatic rings. The van der Waals surface area contributed by atoms with Gasteiger partial charge < -0.3 is 5.32 Å². The maximum atomic E-state index is 3.19. The fourth-order valence-electron chi connectivity index (χ4n) is 2.14. The molecule has 0 aliphatic carbocycles. The highest BCUT2D eigenvalue weighted by molar-refractivity contribution is 7.99. The van der Waals surface area contributed by atoms with E-state index in [-0.39, 0.29) is 0 Å². The maximum absolute atomic E-state index is 3.19. The van der Waals surface area contributed by atoms with E-state index < -0.39 is 0 Å². The first kappa shape index (κ1) is 18.3. The Morgan fingerprint density at radius 1 is 0.667 bits per heavy atom. The third-order valence-corrected chi connectivity index (χ3v) is 4.46. The number of rotatable bonds is 15. The van der Waals surface area contributed by atoms with Crippen LogP contribution in [-0.2, 0) is 0 Å². The zero-order valence-electron chi connectivity index (χ0n) is 12.8. The molecule has 1 N–H and O–H groups in total. The lowest BCUT2D eigenvalue weighted by Crippen LogP contribution is -2.09. The summed E-state index contributed by atoms with van der Waals surface area (Å²) in [7, 11) is 2.03. The molecule has 0 fully saturated rings. The molecule has 0 unspecified atom stereocenters. The molecule has 0 radical (unpaired) electrons. The minimum absolute atomic E-state index is 1.16. The average Bonchev–Trinajstić information content (AvgIpc) is 2.39. The molecule has 18 heavy (non-hydrogen) atoms. The molecule has 0 aromatic rings. The van der Waals surface area contributed by atoms with E-state index in [4.69, 9.17) is 0 Å². The molecule has 0 aliphatic heterocycles. The van der Waals surface area contributed by atoms with Crippen LogP contribution in [0, 0.1) is 0 Å². The summed E-state index contributed by atoms with van der Waals surface area (Å²) in [5.41, 5.74) is 0. The van der Waals surface area contributed by atoms with E-state index >= 15 is 0 Å². The fourth-order valence-corrected chi connectivity index (χ4v) is 3.11. The zero-order valence-corrected chi connectivity index (χ0v) is 13.6. The quantitative estimate of drug-likeness (QED) is 0.409. The van der Waals surface area contributed by atoms with Crippen molar-refractivity contribution in [1.82, 2.24) is 5.32 Å². The molecular weight excluding hydrogens is 238 g/mol. The van der Waals surface area contributed by atoms with Gasteiger partial charge in [0, 0.05) is 12.3 Å². The standard InChI is InChI=1S/C16H35NS/c1-3-4-5-6-7-8-9-10-11-12-13-15-18-16-14-17-2/h17H,3-16H2,1-2H3. The van der Waals surface area contributed by atoms with Crippen LogP contribution in [0.15, 0.2) is 0 Å². The van der Waals surface area contributed by atoms with E-state index in [2.05, 4.69) is 24.0 Å². The normalized spacial score (nSPS) is 11.0. The number of hydrogen-bond donors (Lipinski definition) is 1. The van der Waals surface area contributed by atoms with Gasteiger partial charge in [-0.25, -0.2) is 0 Å². The molecule has 0 aromatic carbocycles. The second kappa shape index (κ2) is 17.3. The molecule has 0 bridgehead atoms. The summed E-state index contributed by atoms with van der Waals surface area (Å²) in [6.07, 6.45) is 15.9. The van der Waals surface area contributed by atoms with Crippen LogP contribution in [0.1, 0.15) is 77.6 Å². The molecule has 2 heteroatoms. The van der Waals surface area contributed by atoms with E-state index in [9.17, 15) is 0 Å². The van der Waals surface area contributed by atoms with E-state index in [0.29, 0.717) is 0 Å². The van der Waals surface area contributed by atoms with Crippen molar-refractivity contribution in [3.63, 3.8) is 0 Å². The second-order valence-electron chi connectivity index (χ2n) is 5.25. The van der Waals surface area contributed by atoms with E-state index in [0.717, 1.165) is 6.54 Å². The molecule has 0 atom stereocenters. The number of thioether (sulfide) groups is 1. The SMILES string of the molecule is CCCCCCCCCCCCCSCCNC. The minimum Gasteiger partial charge on any atom is -0.319 e. The minimum atomic E-state index is 1.16. The molecule has 0 saturated heterocycles. The lowest BCUT2D eigenvalue weighted by atomic mass is 10.1. The number of hydrogen-bond acceptors (Lipinski definition) is 2. The summed E-state index contributed by atoms with van der Waals surface area (Å²) < 4.78 is 0. The topological polar surface area (TPSA) is 12.0 Å². The van der Waals surface area contributed by atoms with Gasteiger partial charge in [-0.3, -0.25) is 0 Å². The predicted octanol–water partition coefficient (Wildman–Crippen LogP) is 5.25. The number of nitrogens with one attached hydrogen (secondary N) is 1. The lowest BCUT2D eigenvalue weighted by molar-refractivity contribution is 0.555. The maximum Gasteiger partial charge on any atom is 0.00579 e. The Bertz CT molecular complexity index is 123. The van der Waals surface area contributed by atoms with Gasteiger partial charge in [-0.05, 0) is 19.2 Å². The summed E-state index contributed by atoms with van der Waals surface area (Å²) in [6, 6.07) is 0. The van der Waals surface area contributed by atoms with Crippen LogP contribution in [-0.4, -0.2) is 25.1 Å². The molecule has 1 nitrogen and oxygen atoms in total. The van der Waals surface area contributed by atoms with Gasteiger partial charge >= 0.3 is 0 Å². The van der Waals surface area contributed by atoms with E-state index in [1.165, 1.54) is 82.1 Å². The lowest BCUT2D eigenvalue weighted by Gasteiger charge is -2.03. The van der Waals surface area contributed by atoms with Crippen LogP contribution in [0.2, 0.25) is 0 Å². The Morgan fingerprint density at radius 3 is 1.67 bits per heavy atom. The van der Waals surface area contributed by atoms with Gasteiger partial charge in [-0.15, -0.1) is 0 Å². The van der Waals surface area contributed by atoms with Gasteiger partial charge in [-0.1, -0.05) is 71.1 Å². The van der Waals surface area contributed by atoms with E-state index in [1.807, 2.05) is 7.05 Å². The number of unbranched alkanes of at least 4 members (excludes halogenated alkanes) is 10. The molecule has 0 heterocycles. The molecule has 0 amide bonds. The summed E-state index contributed by atoms with van der Waals surface area (Å²) in [5.74, 6) is 2.63. The van der Waals surface area contributed by atoms with Crippen molar-refractivity contribution < 1.29 is 0 Å². The Morgan fingerprint density at radius 2 is 1.17 bits per heavy atom. The van der Waals surface area contributed by atoms with Crippen LogP contribution in [0.25, 0.3) is 0 Å². The Labute approximate surface area is 120 Å². The third kappa shape index (κ3) is 16.3. The molecule has 110 valence electrons. The first-order chi connectivity index (χ1) is 8.91. The van der Waals surface area contributed by atoms with Crippen molar-refractivity contribution in [3.8, 4) is 0 Å². The summed E-state index contributed by atoms with van der Waals surface area (Å²) in [6.45, 7) is 3.44. The van der Waals surface area contributed by atoms with Crippen LogP contribution >= 0.6 is 11.8 Å². The zero-order chi connectivity index (χ0) is 13.3. The van der Waals surface area contributed by atoms with Crippen LogP contribution in [0.3, 0.4) is 0 Å². The highest BCUT2D eigenvalue weighted by atomic mass is 32.2. The second-order valence-corrected chi connectivity index (χ2v) is 6.48. The summed E-state index contributed by atoms with van der Waals surface area (Å²) in [4.78, 5) is 0. The van der Waals surface area contributed by atoms with Crippen LogP contribution < -0.4 is 5.32 Å². The van der Waals surface area contributed by atoms with Crippen molar-refractivity contribution in [1.29, 1.82) is 0 Å². The first-order valence-corrected chi connectivity index (χ1v) is 9.29. The highest BCUT2D eigenvalue weighted by Gasteiger charge is 1.93. The highest BCUT2D eigenvalue weighted by Crippen LogP contribution is 2.12. The van der Waals surface area contributed by atoms with Gasteiger partial charge in [0.1, 0.15) is 0 Å². The molecule has 0 spiro atoms. The molecular formula is C16H35NS. The van der Waals surface area contributed by atoms with Gasteiger partial charge in [0.2, 0.25) is 0 Å². The largest absolute Gasteiger partial charge is 0.319 e. The smallest absolute Gasteiger partial charge is 0.00579 e. The molecule has 0 saturated carbocycles. The van der Waals surface area contributed by atoms with Crippen molar-refractivity contribution in [3.05, 3.63) is 0 Å². The molecule has 0 rings (SSSR count). The van der Waals surface area contributed by atoms with Gasteiger partial charge in [0.15, 0.2) is 0 Å². The van der Waals surface area contributed by atoms with Crippen LogP contribution in [0.4, 0.5) is 0 Å². The van der Waals surface area contributed by atoms with Crippen molar-refractivity contribution in [2.45, 2.75) is 77.6 Å². The van der Waals surface area contributed by atoms with Crippen molar-refractivity contribution in [2.24, 2.45) is 0 Å². The predicted molar refractivity (Wildman–Crippen MR) is 87.7 cm³/mol. The Balaban J connectivity index is 2.86. The van der Waals surface area contributed by atoms with Crippen LogP contribution in [0.5, 0.6) is 0 Å². The Hall–Kier alpha value is 0.310. The molecule has 0 aromatic heterocycles.